The highest BCUT2D eigenvalue weighted by atomic mass is 19.1. The van der Waals surface area contributed by atoms with Crippen molar-refractivity contribution in [2.75, 3.05) is 27.9 Å². The van der Waals surface area contributed by atoms with Gasteiger partial charge in [0, 0.05) is 0 Å². The molecule has 0 aromatic heterocycles. The van der Waals surface area contributed by atoms with Crippen molar-refractivity contribution >= 4 is 17.8 Å². The maximum atomic E-state index is 13.3. The van der Waals surface area contributed by atoms with Gasteiger partial charge < -0.3 is 24.8 Å². The predicted molar refractivity (Wildman–Crippen MR) is 117 cm³/mol. The van der Waals surface area contributed by atoms with E-state index in [0.717, 1.165) is 4.90 Å². The molecule has 1 aliphatic rings. The number of rotatable bonds is 8. The molecule has 1 aliphatic heterocycles. The molecule has 0 aliphatic carbocycles. The molecule has 2 aromatic rings. The molecule has 1 fully saturated rings. The number of halogens is 1. The molecule has 0 radical (unpaired) electrons. The van der Waals surface area contributed by atoms with E-state index < -0.39 is 41.8 Å². The first-order valence-electron chi connectivity index (χ1n) is 10.1. The zero-order valence-electron chi connectivity index (χ0n) is 19.0. The third-order valence-electron chi connectivity index (χ3n) is 5.45. The Kier molecular flexibility index (Phi) is 6.91. The molecule has 1 saturated heterocycles. The summed E-state index contributed by atoms with van der Waals surface area (Å²) in [6, 6.07) is 8.17. The first kappa shape index (κ1) is 24.3. The van der Waals surface area contributed by atoms with Gasteiger partial charge in [-0.3, -0.25) is 14.5 Å². The van der Waals surface area contributed by atoms with Crippen molar-refractivity contribution in [1.82, 2.24) is 15.5 Å². The van der Waals surface area contributed by atoms with Gasteiger partial charge in [0.15, 0.2) is 11.5 Å². The van der Waals surface area contributed by atoms with Crippen LogP contribution in [0.2, 0.25) is 0 Å². The Morgan fingerprint density at radius 1 is 1.15 bits per heavy atom. The third-order valence-corrected chi connectivity index (χ3v) is 5.45. The van der Waals surface area contributed by atoms with E-state index in [1.165, 1.54) is 64.7 Å². The Labute approximate surface area is 195 Å². The smallest absolute Gasteiger partial charge is 0.325 e. The summed E-state index contributed by atoms with van der Waals surface area (Å²) < 4.78 is 29.1. The Morgan fingerprint density at radius 2 is 1.74 bits per heavy atom. The molecule has 2 N–H and O–H groups in total. The Hall–Kier alpha value is -4.33. The fraction of sp³-hybridized carbons (Fsp3) is 0.304. The molecule has 11 heteroatoms. The number of urea groups is 1. The van der Waals surface area contributed by atoms with Crippen LogP contribution < -0.4 is 24.8 Å². The molecule has 2 atom stereocenters. The van der Waals surface area contributed by atoms with Gasteiger partial charge in [-0.2, -0.15) is 5.26 Å². The van der Waals surface area contributed by atoms with Crippen LogP contribution in [0, 0.1) is 17.1 Å². The Bertz CT molecular complexity index is 1140. The van der Waals surface area contributed by atoms with Gasteiger partial charge in [0.25, 0.3) is 5.91 Å². The van der Waals surface area contributed by atoms with Gasteiger partial charge in [-0.1, -0.05) is 12.1 Å². The van der Waals surface area contributed by atoms with Crippen molar-refractivity contribution in [3.63, 3.8) is 0 Å². The number of ether oxygens (including phenoxy) is 3. The van der Waals surface area contributed by atoms with Gasteiger partial charge in [0.1, 0.15) is 23.9 Å². The number of nitrogens with one attached hydrogen (secondary N) is 2. The summed E-state index contributed by atoms with van der Waals surface area (Å²) in [6.45, 7) is 0.844. The number of nitriles is 1. The molecule has 3 rings (SSSR count). The van der Waals surface area contributed by atoms with Crippen molar-refractivity contribution < 1.29 is 33.0 Å². The number of imide groups is 1. The van der Waals surface area contributed by atoms with E-state index >= 15 is 0 Å². The van der Waals surface area contributed by atoms with Gasteiger partial charge in [-0.15, -0.1) is 0 Å². The lowest BCUT2D eigenvalue weighted by molar-refractivity contribution is -0.134. The highest BCUT2D eigenvalue weighted by Gasteiger charge is 2.49. The molecule has 2 aromatic carbocycles. The molecule has 4 amide bonds. The van der Waals surface area contributed by atoms with Gasteiger partial charge in [0.05, 0.1) is 27.4 Å². The number of hydrogen-bond acceptors (Lipinski definition) is 7. The van der Waals surface area contributed by atoms with E-state index in [-0.39, 0.29) is 11.5 Å². The lowest BCUT2D eigenvalue weighted by atomic mass is 9.92. The van der Waals surface area contributed by atoms with Crippen molar-refractivity contribution in [3.05, 3.63) is 53.3 Å². The SMILES string of the molecule is COc1cc(C(C#N)NC(=O)CN2C(=O)NC(C)(c3ccc(F)cc3)C2=O)cc(OC)c1OC. The highest BCUT2D eigenvalue weighted by molar-refractivity contribution is 6.09. The fourth-order valence-electron chi connectivity index (χ4n) is 3.63. The Balaban J connectivity index is 1.78. The number of methoxy groups -OCH3 is 3. The van der Waals surface area contributed by atoms with Crippen LogP contribution in [0.1, 0.15) is 24.1 Å². The summed E-state index contributed by atoms with van der Waals surface area (Å²) in [5.74, 6) is -1.02. The minimum absolute atomic E-state index is 0.288. The van der Waals surface area contributed by atoms with Crippen molar-refractivity contribution in [1.29, 1.82) is 5.26 Å². The minimum atomic E-state index is -1.46. The van der Waals surface area contributed by atoms with Crippen LogP contribution in [-0.4, -0.2) is 50.6 Å². The fourth-order valence-corrected chi connectivity index (χ4v) is 3.63. The molecule has 10 nitrogen and oxygen atoms in total. The summed E-state index contributed by atoms with van der Waals surface area (Å²) >= 11 is 0. The molecule has 34 heavy (non-hydrogen) atoms. The van der Waals surface area contributed by atoms with Crippen molar-refractivity contribution in [2.45, 2.75) is 18.5 Å². The summed E-state index contributed by atoms with van der Waals surface area (Å²) in [5.41, 5.74) is -0.752. The number of carbonyl (C=O) groups excluding carboxylic acids is 3. The minimum Gasteiger partial charge on any atom is -0.493 e. The maximum absolute atomic E-state index is 13.3. The number of carbonyl (C=O) groups is 3. The summed E-state index contributed by atoms with van der Waals surface area (Å²) in [6.07, 6.45) is 0. The third kappa shape index (κ3) is 4.43. The zero-order chi connectivity index (χ0) is 25.0. The second-order valence-corrected chi connectivity index (χ2v) is 7.54. The lowest BCUT2D eigenvalue weighted by Gasteiger charge is -2.22. The average Bonchev–Trinajstić information content (AvgIpc) is 3.05. The summed E-state index contributed by atoms with van der Waals surface area (Å²) in [4.78, 5) is 38.9. The van der Waals surface area contributed by atoms with Crippen LogP contribution in [0.25, 0.3) is 0 Å². The second-order valence-electron chi connectivity index (χ2n) is 7.54. The first-order chi connectivity index (χ1) is 16.2. The molecule has 1 heterocycles. The number of hydrogen-bond donors (Lipinski definition) is 2. The second kappa shape index (κ2) is 9.66. The normalized spacial score (nSPS) is 18.1. The monoisotopic (exact) mass is 470 g/mol. The zero-order valence-corrected chi connectivity index (χ0v) is 19.0. The maximum Gasteiger partial charge on any atom is 0.325 e. The number of benzene rings is 2. The van der Waals surface area contributed by atoms with Crippen LogP contribution in [0.4, 0.5) is 9.18 Å². The summed E-state index contributed by atoms with van der Waals surface area (Å²) in [7, 11) is 4.26. The van der Waals surface area contributed by atoms with Crippen LogP contribution >= 0.6 is 0 Å². The van der Waals surface area contributed by atoms with E-state index in [1.54, 1.807) is 0 Å². The van der Waals surface area contributed by atoms with E-state index in [9.17, 15) is 24.0 Å². The topological polar surface area (TPSA) is 130 Å². The van der Waals surface area contributed by atoms with Crippen LogP contribution in [-0.2, 0) is 15.1 Å². The van der Waals surface area contributed by atoms with Crippen molar-refractivity contribution in [3.8, 4) is 23.3 Å². The van der Waals surface area contributed by atoms with Gasteiger partial charge in [0.2, 0.25) is 11.7 Å². The van der Waals surface area contributed by atoms with E-state index in [0.29, 0.717) is 16.9 Å². The van der Waals surface area contributed by atoms with E-state index in [2.05, 4.69) is 10.6 Å². The predicted octanol–water partition coefficient (Wildman–Crippen LogP) is 2.00. The van der Waals surface area contributed by atoms with Crippen molar-refractivity contribution in [2.24, 2.45) is 0 Å². The van der Waals surface area contributed by atoms with E-state index in [4.69, 9.17) is 14.2 Å². The number of amides is 4. The lowest BCUT2D eigenvalue weighted by Crippen LogP contribution is -2.43. The first-order valence-corrected chi connectivity index (χ1v) is 10.1. The quantitative estimate of drug-likeness (QED) is 0.565. The largest absolute Gasteiger partial charge is 0.493 e. The molecule has 0 bridgehead atoms. The average molecular weight is 470 g/mol. The number of nitrogens with zero attached hydrogens (tertiary/aromatic N) is 2. The van der Waals surface area contributed by atoms with Gasteiger partial charge in [-0.05, 0) is 42.3 Å². The molecular weight excluding hydrogens is 447 g/mol. The Morgan fingerprint density at radius 3 is 2.24 bits per heavy atom. The van der Waals surface area contributed by atoms with Gasteiger partial charge >= 0.3 is 6.03 Å². The highest BCUT2D eigenvalue weighted by Crippen LogP contribution is 2.39. The molecule has 0 spiro atoms. The van der Waals surface area contributed by atoms with E-state index in [1.807, 2.05) is 6.07 Å². The van der Waals surface area contributed by atoms with Crippen LogP contribution in [0.3, 0.4) is 0 Å². The summed E-state index contributed by atoms with van der Waals surface area (Å²) in [5, 5.41) is 14.7. The molecule has 0 saturated carbocycles. The molecule has 178 valence electrons. The molecular formula is C23H23FN4O6. The van der Waals surface area contributed by atoms with Crippen LogP contribution in [0.15, 0.2) is 36.4 Å². The van der Waals surface area contributed by atoms with Gasteiger partial charge in [-0.25, -0.2) is 9.18 Å². The standard InChI is InChI=1S/C23H23FN4O6/c1-23(14-5-7-15(24)8-6-14)21(30)28(22(31)27-23)12-19(29)26-16(11-25)13-9-17(32-2)20(34-4)18(10-13)33-3/h5-10,16H,12H2,1-4H3,(H,26,29)(H,27,31). The van der Waals surface area contributed by atoms with Crippen LogP contribution in [0.5, 0.6) is 17.2 Å². The molecule has 2 unspecified atom stereocenters.